The number of ether oxygens (including phenoxy) is 1. The molecule has 3 rings (SSSR count). The van der Waals surface area contributed by atoms with Gasteiger partial charge in [-0.15, -0.1) is 11.3 Å². The Morgan fingerprint density at radius 1 is 1.20 bits per heavy atom. The Morgan fingerprint density at radius 2 is 2.04 bits per heavy atom. The van der Waals surface area contributed by atoms with Gasteiger partial charge in [-0.3, -0.25) is 4.98 Å². The lowest BCUT2D eigenvalue weighted by atomic mass is 10.1. The third-order valence-electron chi connectivity index (χ3n) is 4.12. The maximum atomic E-state index is 5.44. The molecule has 0 bridgehead atoms. The molecular formula is C19H22N4OS. The molecule has 0 aliphatic heterocycles. The molecular weight excluding hydrogens is 332 g/mol. The molecule has 0 aliphatic rings. The smallest absolute Gasteiger partial charge is 0.133 e. The molecule has 0 amide bonds. The number of pyridine rings is 1. The standard InChI is InChI=1S/C19H22N4OS/c1-13(19-17(24-4)7-8-25-19)11-23(3)18-9-16(21-12-22-18)15-6-5-14(2)20-10-15/h5-10,12-13H,11H2,1-4H3. The largest absolute Gasteiger partial charge is 0.496 e. The SMILES string of the molecule is COc1ccsc1C(C)CN(C)c1cc(-c2ccc(C)nc2)ncn1. The fraction of sp³-hybridized carbons (Fsp3) is 0.316. The van der Waals surface area contributed by atoms with Gasteiger partial charge in [0.05, 0.1) is 17.7 Å². The zero-order valence-electron chi connectivity index (χ0n) is 14.9. The van der Waals surface area contributed by atoms with Crippen molar-refractivity contribution in [2.24, 2.45) is 0 Å². The highest BCUT2D eigenvalue weighted by Gasteiger charge is 2.16. The van der Waals surface area contributed by atoms with Crippen LogP contribution in [0.1, 0.15) is 23.4 Å². The number of methoxy groups -OCH3 is 1. The summed E-state index contributed by atoms with van der Waals surface area (Å²) in [7, 11) is 3.77. The van der Waals surface area contributed by atoms with Crippen LogP contribution in [0.5, 0.6) is 5.75 Å². The molecule has 0 N–H and O–H groups in total. The maximum absolute atomic E-state index is 5.44. The number of anilines is 1. The molecule has 5 nitrogen and oxygen atoms in total. The van der Waals surface area contributed by atoms with Crippen molar-refractivity contribution in [3.05, 3.63) is 52.7 Å². The molecule has 1 unspecified atom stereocenters. The molecule has 0 fully saturated rings. The van der Waals surface area contributed by atoms with Gasteiger partial charge in [0.1, 0.15) is 17.9 Å². The van der Waals surface area contributed by atoms with Crippen LogP contribution in [0.4, 0.5) is 5.82 Å². The van der Waals surface area contributed by atoms with E-state index in [4.69, 9.17) is 4.74 Å². The number of aryl methyl sites for hydroxylation is 1. The average Bonchev–Trinajstić information content (AvgIpc) is 3.11. The van der Waals surface area contributed by atoms with Gasteiger partial charge in [-0.1, -0.05) is 6.92 Å². The first-order valence-corrected chi connectivity index (χ1v) is 9.04. The van der Waals surface area contributed by atoms with E-state index in [1.807, 2.05) is 37.4 Å². The number of thiophene rings is 1. The van der Waals surface area contributed by atoms with Crippen molar-refractivity contribution >= 4 is 17.2 Å². The van der Waals surface area contributed by atoms with Gasteiger partial charge in [-0.05, 0) is 30.5 Å². The molecule has 6 heteroatoms. The van der Waals surface area contributed by atoms with Crippen LogP contribution >= 0.6 is 11.3 Å². The van der Waals surface area contributed by atoms with Crippen LogP contribution in [-0.4, -0.2) is 35.7 Å². The molecule has 0 aliphatic carbocycles. The molecule has 0 radical (unpaired) electrons. The van der Waals surface area contributed by atoms with Gasteiger partial charge in [-0.25, -0.2) is 9.97 Å². The minimum atomic E-state index is 0.347. The molecule has 0 saturated carbocycles. The summed E-state index contributed by atoms with van der Waals surface area (Å²) in [4.78, 5) is 16.6. The van der Waals surface area contributed by atoms with Crippen LogP contribution in [0.2, 0.25) is 0 Å². The van der Waals surface area contributed by atoms with Crippen molar-refractivity contribution < 1.29 is 4.74 Å². The zero-order valence-corrected chi connectivity index (χ0v) is 15.7. The van der Waals surface area contributed by atoms with E-state index in [1.54, 1.807) is 24.8 Å². The van der Waals surface area contributed by atoms with Gasteiger partial charge in [-0.2, -0.15) is 0 Å². The monoisotopic (exact) mass is 354 g/mol. The fourth-order valence-electron chi connectivity index (χ4n) is 2.76. The summed E-state index contributed by atoms with van der Waals surface area (Å²) in [5.74, 6) is 2.20. The summed E-state index contributed by atoms with van der Waals surface area (Å²) in [6.45, 7) is 5.03. The van der Waals surface area contributed by atoms with E-state index < -0.39 is 0 Å². The molecule has 25 heavy (non-hydrogen) atoms. The highest BCUT2D eigenvalue weighted by molar-refractivity contribution is 7.10. The maximum Gasteiger partial charge on any atom is 0.133 e. The first-order chi connectivity index (χ1) is 12.1. The number of likely N-dealkylation sites (N-methyl/N-ethyl adjacent to an activating group) is 1. The molecule has 0 spiro atoms. The van der Waals surface area contributed by atoms with Crippen LogP contribution in [0.3, 0.4) is 0 Å². The Bertz CT molecular complexity index is 831. The second kappa shape index (κ2) is 7.61. The third kappa shape index (κ3) is 3.96. The summed E-state index contributed by atoms with van der Waals surface area (Å²) >= 11 is 1.73. The van der Waals surface area contributed by atoms with Gasteiger partial charge >= 0.3 is 0 Å². The lowest BCUT2D eigenvalue weighted by Crippen LogP contribution is -2.23. The van der Waals surface area contributed by atoms with Crippen molar-refractivity contribution in [3.63, 3.8) is 0 Å². The number of rotatable bonds is 6. The van der Waals surface area contributed by atoms with Crippen molar-refractivity contribution in [3.8, 4) is 17.0 Å². The summed E-state index contributed by atoms with van der Waals surface area (Å²) in [6, 6.07) is 8.05. The van der Waals surface area contributed by atoms with Gasteiger partial charge < -0.3 is 9.64 Å². The van der Waals surface area contributed by atoms with E-state index in [1.165, 1.54) is 4.88 Å². The van der Waals surface area contributed by atoms with Crippen molar-refractivity contribution in [2.75, 3.05) is 25.6 Å². The van der Waals surface area contributed by atoms with Crippen LogP contribution in [0, 0.1) is 6.92 Å². The second-order valence-electron chi connectivity index (χ2n) is 6.08. The van der Waals surface area contributed by atoms with Crippen LogP contribution in [0.15, 0.2) is 42.2 Å². The van der Waals surface area contributed by atoms with Crippen molar-refractivity contribution in [1.29, 1.82) is 0 Å². The Labute approximate surface area is 152 Å². The number of hydrogen-bond donors (Lipinski definition) is 0. The average molecular weight is 354 g/mol. The highest BCUT2D eigenvalue weighted by Crippen LogP contribution is 2.33. The van der Waals surface area contributed by atoms with E-state index in [0.717, 1.165) is 35.1 Å². The van der Waals surface area contributed by atoms with Gasteiger partial charge in [0.15, 0.2) is 0 Å². The lowest BCUT2D eigenvalue weighted by molar-refractivity contribution is 0.409. The van der Waals surface area contributed by atoms with Crippen LogP contribution in [-0.2, 0) is 0 Å². The first kappa shape index (κ1) is 17.4. The number of aromatic nitrogens is 3. The zero-order chi connectivity index (χ0) is 17.8. The van der Waals surface area contributed by atoms with E-state index in [0.29, 0.717) is 5.92 Å². The molecule has 3 heterocycles. The minimum absolute atomic E-state index is 0.347. The first-order valence-electron chi connectivity index (χ1n) is 8.16. The lowest BCUT2D eigenvalue weighted by Gasteiger charge is -2.22. The minimum Gasteiger partial charge on any atom is -0.496 e. The van der Waals surface area contributed by atoms with Crippen LogP contribution in [0.25, 0.3) is 11.3 Å². The van der Waals surface area contributed by atoms with E-state index in [2.05, 4.69) is 39.2 Å². The molecule has 130 valence electrons. The van der Waals surface area contributed by atoms with Crippen molar-refractivity contribution in [2.45, 2.75) is 19.8 Å². The Hall–Kier alpha value is -2.47. The van der Waals surface area contributed by atoms with Crippen LogP contribution < -0.4 is 9.64 Å². The Kier molecular flexibility index (Phi) is 5.28. The summed E-state index contributed by atoms with van der Waals surface area (Å²) in [5, 5.41) is 2.07. The number of nitrogens with zero attached hydrogens (tertiary/aromatic N) is 4. The predicted octanol–water partition coefficient (Wildman–Crippen LogP) is 4.16. The normalized spacial score (nSPS) is 12.0. The Morgan fingerprint density at radius 3 is 2.76 bits per heavy atom. The summed E-state index contributed by atoms with van der Waals surface area (Å²) < 4.78 is 5.44. The second-order valence-corrected chi connectivity index (χ2v) is 7.03. The van der Waals surface area contributed by atoms with E-state index in [-0.39, 0.29) is 0 Å². The van der Waals surface area contributed by atoms with Crippen molar-refractivity contribution in [1.82, 2.24) is 15.0 Å². The predicted molar refractivity (Wildman–Crippen MR) is 103 cm³/mol. The van der Waals surface area contributed by atoms with Gasteiger partial charge in [0, 0.05) is 43.0 Å². The van der Waals surface area contributed by atoms with E-state index in [9.17, 15) is 0 Å². The Balaban J connectivity index is 1.77. The quantitative estimate of drug-likeness (QED) is 0.665. The summed E-state index contributed by atoms with van der Waals surface area (Å²) in [5.41, 5.74) is 2.87. The molecule has 3 aromatic heterocycles. The fourth-order valence-corrected chi connectivity index (χ4v) is 3.67. The molecule has 3 aromatic rings. The molecule has 0 saturated heterocycles. The third-order valence-corrected chi connectivity index (χ3v) is 5.25. The molecule has 1 atom stereocenters. The topological polar surface area (TPSA) is 51.1 Å². The van der Waals surface area contributed by atoms with Gasteiger partial charge in [0.25, 0.3) is 0 Å². The highest BCUT2D eigenvalue weighted by atomic mass is 32.1. The van der Waals surface area contributed by atoms with Gasteiger partial charge in [0.2, 0.25) is 0 Å². The molecule has 0 aromatic carbocycles. The number of hydrogen-bond acceptors (Lipinski definition) is 6. The summed E-state index contributed by atoms with van der Waals surface area (Å²) in [6.07, 6.45) is 3.46. The van der Waals surface area contributed by atoms with E-state index >= 15 is 0 Å².